The molecular formula is C24H35N5O2. The van der Waals surface area contributed by atoms with Crippen LogP contribution in [0.5, 0.6) is 11.5 Å². The predicted octanol–water partition coefficient (Wildman–Crippen LogP) is 3.68. The molecule has 1 aliphatic heterocycles. The molecule has 3 rings (SSSR count). The van der Waals surface area contributed by atoms with Crippen molar-refractivity contribution in [3.05, 3.63) is 54.6 Å². The zero-order chi connectivity index (χ0) is 22.2. The van der Waals surface area contributed by atoms with Crippen LogP contribution in [-0.2, 0) is 13.0 Å². The molecule has 0 saturated carbocycles. The Morgan fingerprint density at radius 3 is 2.84 bits per heavy atom. The van der Waals surface area contributed by atoms with E-state index < -0.39 is 0 Å². The quantitative estimate of drug-likeness (QED) is 0.397. The molecule has 2 heterocycles. The van der Waals surface area contributed by atoms with Crippen molar-refractivity contribution in [1.82, 2.24) is 19.8 Å². The van der Waals surface area contributed by atoms with Crippen LogP contribution < -0.4 is 14.8 Å². The number of ether oxygens (including phenoxy) is 2. The third-order valence-electron chi connectivity index (χ3n) is 5.85. The number of benzene rings is 1. The van der Waals surface area contributed by atoms with Gasteiger partial charge in [-0.1, -0.05) is 13.0 Å². The molecule has 1 fully saturated rings. The van der Waals surface area contributed by atoms with Crippen LogP contribution in [0.25, 0.3) is 0 Å². The number of aromatic nitrogens is 2. The monoisotopic (exact) mass is 425 g/mol. The smallest absolute Gasteiger partial charge is 0.194 e. The molecule has 1 aliphatic rings. The van der Waals surface area contributed by atoms with Gasteiger partial charge in [-0.05, 0) is 43.4 Å². The lowest BCUT2D eigenvalue weighted by atomic mass is 9.93. The highest BCUT2D eigenvalue weighted by Gasteiger charge is 2.28. The number of nitrogens with one attached hydrogen (secondary N) is 1. The highest BCUT2D eigenvalue weighted by molar-refractivity contribution is 5.80. The molecule has 7 heteroatoms. The Morgan fingerprint density at radius 2 is 2.19 bits per heavy atom. The van der Waals surface area contributed by atoms with Gasteiger partial charge in [0.1, 0.15) is 0 Å². The van der Waals surface area contributed by atoms with Gasteiger partial charge in [-0.25, -0.2) is 9.98 Å². The van der Waals surface area contributed by atoms with E-state index in [1.54, 1.807) is 14.2 Å². The summed E-state index contributed by atoms with van der Waals surface area (Å²) in [7, 11) is 3.33. The standard InChI is InChI=1S/C24H35N5O2/c1-6-8-20-13-19(14-22(30-4)23(20)31-5)15-27-24(26-7-2)28-11-9-18(3)21(16-28)29-12-10-25-17-29/h6,10,12-14,17-18,21H,1,7-9,11,15-16H2,2-5H3,(H,26,27). The van der Waals surface area contributed by atoms with Gasteiger partial charge in [-0.2, -0.15) is 0 Å². The Labute approximate surface area is 185 Å². The number of guanidine groups is 1. The predicted molar refractivity (Wildman–Crippen MR) is 125 cm³/mol. The minimum absolute atomic E-state index is 0.389. The first-order valence-electron chi connectivity index (χ1n) is 11.0. The molecule has 31 heavy (non-hydrogen) atoms. The van der Waals surface area contributed by atoms with Gasteiger partial charge in [0.05, 0.1) is 33.1 Å². The van der Waals surface area contributed by atoms with E-state index in [0.717, 1.165) is 54.6 Å². The highest BCUT2D eigenvalue weighted by atomic mass is 16.5. The van der Waals surface area contributed by atoms with Gasteiger partial charge in [-0.3, -0.25) is 0 Å². The van der Waals surface area contributed by atoms with Gasteiger partial charge < -0.3 is 24.3 Å². The fourth-order valence-corrected chi connectivity index (χ4v) is 4.19. The number of aliphatic imine (C=N–C) groups is 1. The maximum atomic E-state index is 5.56. The maximum absolute atomic E-state index is 5.56. The second-order valence-electron chi connectivity index (χ2n) is 7.94. The zero-order valence-electron chi connectivity index (χ0n) is 19.2. The molecule has 2 aromatic rings. The van der Waals surface area contributed by atoms with Crippen molar-refractivity contribution < 1.29 is 9.47 Å². The van der Waals surface area contributed by atoms with Gasteiger partial charge in [0.15, 0.2) is 17.5 Å². The molecule has 168 valence electrons. The van der Waals surface area contributed by atoms with Crippen LogP contribution in [0.4, 0.5) is 0 Å². The Balaban J connectivity index is 1.82. The summed E-state index contributed by atoms with van der Waals surface area (Å²) in [5.41, 5.74) is 2.14. The molecule has 1 saturated heterocycles. The van der Waals surface area contributed by atoms with E-state index in [4.69, 9.17) is 14.5 Å². The minimum Gasteiger partial charge on any atom is -0.493 e. The molecule has 1 N–H and O–H groups in total. The molecule has 2 atom stereocenters. The molecule has 0 spiro atoms. The fraction of sp³-hybridized carbons (Fsp3) is 0.500. The van der Waals surface area contributed by atoms with Crippen molar-refractivity contribution in [3.8, 4) is 11.5 Å². The molecular weight excluding hydrogens is 390 g/mol. The molecule has 1 aromatic heterocycles. The van der Waals surface area contributed by atoms with E-state index in [1.165, 1.54) is 0 Å². The summed E-state index contributed by atoms with van der Waals surface area (Å²) in [6.07, 6.45) is 9.53. The van der Waals surface area contributed by atoms with Crippen LogP contribution in [0, 0.1) is 5.92 Å². The van der Waals surface area contributed by atoms with Crippen molar-refractivity contribution in [1.29, 1.82) is 0 Å². The van der Waals surface area contributed by atoms with Crippen LogP contribution in [-0.4, -0.2) is 54.3 Å². The third kappa shape index (κ3) is 5.40. The van der Waals surface area contributed by atoms with E-state index in [0.29, 0.717) is 24.9 Å². The van der Waals surface area contributed by atoms with Gasteiger partial charge in [0.2, 0.25) is 0 Å². The second kappa shape index (κ2) is 10.9. The molecule has 0 radical (unpaired) electrons. The SMILES string of the molecule is C=CCc1cc(CN=C(NCC)N2CCC(C)C(n3ccnc3)C2)cc(OC)c1OC. The summed E-state index contributed by atoms with van der Waals surface area (Å²) in [6, 6.07) is 4.52. The molecule has 0 amide bonds. The third-order valence-corrected chi connectivity index (χ3v) is 5.85. The number of nitrogens with zero attached hydrogens (tertiary/aromatic N) is 4. The average molecular weight is 426 g/mol. The number of hydrogen-bond acceptors (Lipinski definition) is 4. The van der Waals surface area contributed by atoms with Gasteiger partial charge in [0.25, 0.3) is 0 Å². The lowest BCUT2D eigenvalue weighted by Gasteiger charge is -2.39. The Morgan fingerprint density at radius 1 is 1.35 bits per heavy atom. The zero-order valence-corrected chi connectivity index (χ0v) is 19.2. The van der Waals surface area contributed by atoms with Crippen molar-refractivity contribution in [3.63, 3.8) is 0 Å². The van der Waals surface area contributed by atoms with Crippen molar-refractivity contribution in [2.24, 2.45) is 10.9 Å². The Bertz CT molecular complexity index is 878. The number of likely N-dealkylation sites (tertiary alicyclic amines) is 1. The molecule has 2 unspecified atom stereocenters. The van der Waals surface area contributed by atoms with E-state index in [1.807, 2.05) is 24.7 Å². The topological polar surface area (TPSA) is 63.9 Å². The first-order chi connectivity index (χ1) is 15.1. The average Bonchev–Trinajstić information content (AvgIpc) is 3.31. The summed E-state index contributed by atoms with van der Waals surface area (Å²) >= 11 is 0. The molecule has 0 aliphatic carbocycles. The summed E-state index contributed by atoms with van der Waals surface area (Å²) in [4.78, 5) is 11.6. The summed E-state index contributed by atoms with van der Waals surface area (Å²) < 4.78 is 13.3. The Kier molecular flexibility index (Phi) is 7.98. The molecule has 7 nitrogen and oxygen atoms in total. The van der Waals surface area contributed by atoms with E-state index in [9.17, 15) is 0 Å². The van der Waals surface area contributed by atoms with Crippen molar-refractivity contribution >= 4 is 5.96 Å². The van der Waals surface area contributed by atoms with Crippen molar-refractivity contribution in [2.45, 2.75) is 39.3 Å². The van der Waals surface area contributed by atoms with Crippen LogP contribution >= 0.6 is 0 Å². The molecule has 0 bridgehead atoms. The fourth-order valence-electron chi connectivity index (χ4n) is 4.19. The first-order valence-corrected chi connectivity index (χ1v) is 11.0. The van der Waals surface area contributed by atoms with Crippen molar-refractivity contribution in [2.75, 3.05) is 33.9 Å². The van der Waals surface area contributed by atoms with Crippen LogP contribution in [0.1, 0.15) is 37.4 Å². The minimum atomic E-state index is 0.389. The largest absolute Gasteiger partial charge is 0.493 e. The van der Waals surface area contributed by atoms with Crippen LogP contribution in [0.15, 0.2) is 48.5 Å². The van der Waals surface area contributed by atoms with Crippen LogP contribution in [0.2, 0.25) is 0 Å². The van der Waals surface area contributed by atoms with E-state index in [-0.39, 0.29) is 0 Å². The lowest BCUT2D eigenvalue weighted by molar-refractivity contribution is 0.189. The highest BCUT2D eigenvalue weighted by Crippen LogP contribution is 2.33. The summed E-state index contributed by atoms with van der Waals surface area (Å²) in [5.74, 6) is 3.03. The first kappa shape index (κ1) is 22.7. The number of hydrogen-bond donors (Lipinski definition) is 1. The van der Waals surface area contributed by atoms with Gasteiger partial charge in [0, 0.05) is 37.6 Å². The number of imidazole rings is 1. The second-order valence-corrected chi connectivity index (χ2v) is 7.94. The lowest BCUT2D eigenvalue weighted by Crippen LogP contribution is -2.49. The number of methoxy groups -OCH3 is 2. The maximum Gasteiger partial charge on any atom is 0.194 e. The summed E-state index contributed by atoms with van der Waals surface area (Å²) in [5, 5.41) is 3.47. The van der Waals surface area contributed by atoms with Crippen LogP contribution in [0.3, 0.4) is 0 Å². The Hall–Kier alpha value is -2.96. The summed E-state index contributed by atoms with van der Waals surface area (Å²) in [6.45, 7) is 11.6. The number of piperidine rings is 1. The van der Waals surface area contributed by atoms with E-state index >= 15 is 0 Å². The molecule has 1 aromatic carbocycles. The van der Waals surface area contributed by atoms with Gasteiger partial charge >= 0.3 is 0 Å². The normalized spacial score (nSPS) is 19.2. The van der Waals surface area contributed by atoms with E-state index in [2.05, 4.69) is 52.5 Å². The number of allylic oxidation sites excluding steroid dienone is 1. The van der Waals surface area contributed by atoms with Gasteiger partial charge in [-0.15, -0.1) is 6.58 Å². The number of rotatable bonds is 8.